The summed E-state index contributed by atoms with van der Waals surface area (Å²) in [4.78, 5) is 40.0. The van der Waals surface area contributed by atoms with E-state index in [2.05, 4.69) is 60.7 Å². The second kappa shape index (κ2) is 17.7. The molecule has 1 N–H and O–H groups in total. The highest BCUT2D eigenvalue weighted by Gasteiger charge is 2.65. The molecule has 4 saturated heterocycles. The van der Waals surface area contributed by atoms with Crippen LogP contribution in [0.3, 0.4) is 0 Å². The molecule has 8 heteroatoms. The number of likely N-dealkylation sites (tertiary alicyclic amines) is 1. The van der Waals surface area contributed by atoms with Gasteiger partial charge in [0.25, 0.3) is 0 Å². The van der Waals surface area contributed by atoms with Crippen molar-refractivity contribution in [2.45, 2.75) is 213 Å². The van der Waals surface area contributed by atoms with Gasteiger partial charge in [0.2, 0.25) is 0 Å². The molecule has 12 aliphatic rings. The predicted octanol–water partition coefficient (Wildman–Crippen LogP) is 12.6. The summed E-state index contributed by atoms with van der Waals surface area (Å²) >= 11 is 0. The van der Waals surface area contributed by atoms with Gasteiger partial charge in [0.1, 0.15) is 18.2 Å². The van der Waals surface area contributed by atoms with Crippen molar-refractivity contribution < 1.29 is 28.6 Å². The number of benzene rings is 1. The fraction of sp³-hybridized carbons (Fsp3) is 0.790. The Kier molecular flexibility index (Phi) is 12.2. The van der Waals surface area contributed by atoms with Crippen LogP contribution in [0.1, 0.15) is 177 Å². The number of ketones is 2. The Balaban J connectivity index is 0.000000150. The summed E-state index contributed by atoms with van der Waals surface area (Å²) in [6.45, 7) is 21.5. The van der Waals surface area contributed by atoms with Gasteiger partial charge in [0.15, 0.2) is 0 Å². The van der Waals surface area contributed by atoms with Gasteiger partial charge >= 0.3 is 6.09 Å². The number of hydrogen-bond acceptors (Lipinski definition) is 7. The van der Waals surface area contributed by atoms with Crippen LogP contribution in [0.5, 0.6) is 0 Å². The van der Waals surface area contributed by atoms with Crippen molar-refractivity contribution in [1.82, 2.24) is 10.2 Å². The topological polar surface area (TPSA) is 94.2 Å². The Morgan fingerprint density at radius 3 is 1.81 bits per heavy atom. The van der Waals surface area contributed by atoms with E-state index in [0.717, 1.165) is 99.6 Å². The van der Waals surface area contributed by atoms with E-state index in [1.165, 1.54) is 69.8 Å². The van der Waals surface area contributed by atoms with E-state index in [1.807, 2.05) is 35.2 Å². The Morgan fingerprint density at radius 2 is 1.23 bits per heavy atom. The highest BCUT2D eigenvalue weighted by molar-refractivity contribution is 5.80. The number of fused-ring (bicyclic) bond motifs is 12. The van der Waals surface area contributed by atoms with Crippen molar-refractivity contribution in [2.75, 3.05) is 13.1 Å². The summed E-state index contributed by atoms with van der Waals surface area (Å²) in [6, 6.07) is 10.6. The molecule has 2 unspecified atom stereocenters. The number of ether oxygens (including phenoxy) is 3. The number of piperidine rings is 2. The minimum Gasteiger partial charge on any atom is -0.445 e. The van der Waals surface area contributed by atoms with E-state index in [9.17, 15) is 14.4 Å². The standard InChI is InChI=1S/C35H47NO4.C27H41NO2/c1-21-16-31-32(36(19-21)33(38)39-20-24-8-6-5-7-9-24)23(3)35(40-31)15-13-27-28-11-10-25-17-26(37)12-14-34(25,4)30(28)18-29(27)22(35)2;1-15-11-24-25(28-14-15)17(3)27(30-24)10-8-20-21-6-5-18-12-19(29)7-9-26(18,4)23(21)13-22(20)16(27)2/h5-9,21,23,25,27-28,30-32H,10-20H2,1-4H3;15,17-18,20-21,23-25,28H,5-14H2,1-4H3/t21-,23+,25+,27-,28?,30-,31+,32-,34-,35-;15-,17+,18+,20-,21?,23-,24+,25-,26-,27-/m00/s1. The lowest BCUT2D eigenvalue weighted by Crippen LogP contribution is -2.54. The lowest BCUT2D eigenvalue weighted by atomic mass is 9.52. The molecule has 0 aromatic heterocycles. The van der Waals surface area contributed by atoms with Crippen molar-refractivity contribution in [1.29, 1.82) is 0 Å². The maximum atomic E-state index is 13.5. The quantitative estimate of drug-likeness (QED) is 0.295. The Hall–Kier alpha value is -2.81. The molecule has 8 aliphatic carbocycles. The minimum atomic E-state index is -0.278. The van der Waals surface area contributed by atoms with Crippen LogP contribution in [-0.2, 0) is 30.4 Å². The van der Waals surface area contributed by atoms with Crippen LogP contribution < -0.4 is 5.32 Å². The molecule has 4 heterocycles. The first-order valence-electron chi connectivity index (χ1n) is 29.0. The van der Waals surface area contributed by atoms with Crippen LogP contribution in [0.4, 0.5) is 4.79 Å². The van der Waals surface area contributed by atoms with Gasteiger partial charge in [0.05, 0.1) is 29.5 Å². The van der Waals surface area contributed by atoms with E-state index in [-0.39, 0.29) is 35.4 Å². The normalized spacial score (nSPS) is 48.9. The largest absolute Gasteiger partial charge is 0.445 e. The first kappa shape index (κ1) is 48.1. The summed E-state index contributed by atoms with van der Waals surface area (Å²) in [6.07, 6.45) is 20.4. The maximum Gasteiger partial charge on any atom is 0.410 e. The number of amides is 1. The molecule has 10 fully saturated rings. The average Bonchev–Trinajstić information content (AvgIpc) is 4.08. The molecule has 1 amide bonds. The molecule has 2 spiro atoms. The number of hydrogen-bond donors (Lipinski definition) is 1. The van der Waals surface area contributed by atoms with E-state index in [4.69, 9.17) is 14.2 Å². The number of carbonyl (C=O) groups excluding carboxylic acids is 3. The molecular formula is C62H88N2O6. The number of Topliss-reactive ketones (excluding diaryl/α,β-unsaturated/α-hetero) is 2. The van der Waals surface area contributed by atoms with Gasteiger partial charge in [-0.1, -0.05) is 83.0 Å². The van der Waals surface area contributed by atoms with Gasteiger partial charge in [-0.25, -0.2) is 4.79 Å². The Labute approximate surface area is 421 Å². The number of carbonyl (C=O) groups is 3. The van der Waals surface area contributed by atoms with Gasteiger partial charge in [-0.05, 0) is 197 Å². The summed E-state index contributed by atoms with van der Waals surface area (Å²) in [7, 11) is 0. The molecule has 70 heavy (non-hydrogen) atoms. The molecule has 0 radical (unpaired) electrons. The summed E-state index contributed by atoms with van der Waals surface area (Å²) < 4.78 is 20.1. The summed E-state index contributed by atoms with van der Waals surface area (Å²) in [5, 5.41) is 3.85. The van der Waals surface area contributed by atoms with Crippen molar-refractivity contribution >= 4 is 17.7 Å². The van der Waals surface area contributed by atoms with Crippen LogP contribution in [0, 0.1) is 81.8 Å². The SMILES string of the molecule is CC1=C2C[C@H]3C(CC[C@@H]4CC(=O)CC[C@@]43C)[C@@H]2CC[C@]12O[C@@H]1C[C@H](C)CN(C(=O)OCc3ccccc3)[C@H]1[C@H]2C.CC1=C2C[C@H]3C(CC[C@@H]4CC(=O)CC[C@@]43C)[C@@H]2CC[C@]12O[C@@H]1C[C@H](C)CN[C@H]1[C@H]2C. The fourth-order valence-electron chi connectivity index (χ4n) is 20.2. The second-order valence-electron chi connectivity index (χ2n) is 27.1. The first-order chi connectivity index (χ1) is 33.5. The lowest BCUT2D eigenvalue weighted by molar-refractivity contribution is -0.130. The van der Waals surface area contributed by atoms with E-state index in [0.29, 0.717) is 76.7 Å². The third-order valence-electron chi connectivity index (χ3n) is 24.1. The molecule has 13 rings (SSSR count). The lowest BCUT2D eigenvalue weighted by Gasteiger charge is -2.52. The van der Waals surface area contributed by atoms with Gasteiger partial charge in [0, 0.05) is 50.1 Å². The van der Waals surface area contributed by atoms with Gasteiger partial charge in [-0.15, -0.1) is 0 Å². The maximum absolute atomic E-state index is 13.5. The monoisotopic (exact) mass is 957 g/mol. The Bertz CT molecular complexity index is 2310. The summed E-state index contributed by atoms with van der Waals surface area (Å²) in [5.74, 6) is 8.74. The van der Waals surface area contributed by atoms with Crippen LogP contribution in [0.25, 0.3) is 0 Å². The molecule has 8 nitrogen and oxygen atoms in total. The van der Waals surface area contributed by atoms with Crippen LogP contribution in [-0.4, -0.2) is 71.1 Å². The number of nitrogens with zero attached hydrogens (tertiary/aromatic N) is 1. The van der Waals surface area contributed by atoms with Gasteiger partial charge in [-0.2, -0.15) is 0 Å². The third kappa shape index (κ3) is 7.35. The number of allylic oxidation sites excluding steroid dienone is 2. The van der Waals surface area contributed by atoms with E-state index < -0.39 is 0 Å². The van der Waals surface area contributed by atoms with E-state index >= 15 is 0 Å². The first-order valence-corrected chi connectivity index (χ1v) is 29.0. The minimum absolute atomic E-state index is 0.0193. The van der Waals surface area contributed by atoms with Gasteiger partial charge < -0.3 is 24.4 Å². The zero-order valence-corrected chi connectivity index (χ0v) is 44.4. The smallest absolute Gasteiger partial charge is 0.410 e. The molecule has 1 aromatic carbocycles. The molecule has 1 aromatic rings. The van der Waals surface area contributed by atoms with Crippen molar-refractivity contribution in [3.8, 4) is 0 Å². The molecule has 20 atom stereocenters. The molecule has 382 valence electrons. The average molecular weight is 957 g/mol. The molecule has 4 aliphatic heterocycles. The van der Waals surface area contributed by atoms with Gasteiger partial charge in [-0.3, -0.25) is 9.59 Å². The van der Waals surface area contributed by atoms with E-state index in [1.54, 1.807) is 16.7 Å². The molecule has 6 saturated carbocycles. The van der Waals surface area contributed by atoms with Crippen molar-refractivity contribution in [3.63, 3.8) is 0 Å². The Morgan fingerprint density at radius 1 is 0.686 bits per heavy atom. The van der Waals surface area contributed by atoms with Crippen LogP contribution in [0.15, 0.2) is 52.6 Å². The summed E-state index contributed by atoms with van der Waals surface area (Å²) in [5.41, 5.74) is 7.98. The highest BCUT2D eigenvalue weighted by atomic mass is 16.6. The fourth-order valence-corrected chi connectivity index (χ4v) is 20.2. The second-order valence-corrected chi connectivity index (χ2v) is 27.1. The molecule has 0 bridgehead atoms. The molecular weight excluding hydrogens is 869 g/mol. The van der Waals surface area contributed by atoms with Crippen molar-refractivity contribution in [2.24, 2.45) is 81.8 Å². The number of rotatable bonds is 2. The predicted molar refractivity (Wildman–Crippen MR) is 273 cm³/mol. The van der Waals surface area contributed by atoms with Crippen LogP contribution >= 0.6 is 0 Å². The zero-order valence-electron chi connectivity index (χ0n) is 44.4. The van der Waals surface area contributed by atoms with Crippen LogP contribution in [0.2, 0.25) is 0 Å². The van der Waals surface area contributed by atoms with Crippen molar-refractivity contribution in [3.05, 3.63) is 58.2 Å². The zero-order chi connectivity index (χ0) is 48.6. The third-order valence-corrected chi connectivity index (χ3v) is 24.1. The highest BCUT2D eigenvalue weighted by Crippen LogP contribution is 2.68. The number of nitrogens with one attached hydrogen (secondary N) is 1.